The molecule has 136 valence electrons. The lowest BCUT2D eigenvalue weighted by Gasteiger charge is -2.36. The SMILES string of the molecule is CCN1CCN(c2nc(N3CCN(C)CC3)nc3c2cnn3C)CC1. The van der Waals surface area contributed by atoms with Crippen LogP contribution in [0.3, 0.4) is 0 Å². The predicted octanol–water partition coefficient (Wildman–Crippen LogP) is 0.257. The van der Waals surface area contributed by atoms with Crippen LogP contribution in [0, 0.1) is 0 Å². The predicted molar refractivity (Wildman–Crippen MR) is 100 cm³/mol. The first-order valence-corrected chi connectivity index (χ1v) is 9.26. The van der Waals surface area contributed by atoms with Gasteiger partial charge in [0.25, 0.3) is 0 Å². The van der Waals surface area contributed by atoms with E-state index in [4.69, 9.17) is 9.97 Å². The van der Waals surface area contributed by atoms with Gasteiger partial charge in [-0.25, -0.2) is 0 Å². The van der Waals surface area contributed by atoms with Gasteiger partial charge in [0.05, 0.1) is 11.6 Å². The highest BCUT2D eigenvalue weighted by Gasteiger charge is 2.24. The Morgan fingerprint density at radius 1 is 0.880 bits per heavy atom. The summed E-state index contributed by atoms with van der Waals surface area (Å²) < 4.78 is 1.86. The van der Waals surface area contributed by atoms with Crippen LogP contribution in [0.4, 0.5) is 11.8 Å². The molecule has 25 heavy (non-hydrogen) atoms. The van der Waals surface area contributed by atoms with Gasteiger partial charge in [-0.3, -0.25) is 4.68 Å². The Hall–Kier alpha value is -1.93. The third kappa shape index (κ3) is 3.16. The van der Waals surface area contributed by atoms with Gasteiger partial charge in [0, 0.05) is 59.4 Å². The average Bonchev–Trinajstić information content (AvgIpc) is 3.03. The number of hydrogen-bond donors (Lipinski definition) is 0. The fourth-order valence-corrected chi connectivity index (χ4v) is 3.66. The smallest absolute Gasteiger partial charge is 0.229 e. The molecule has 2 saturated heterocycles. The summed E-state index contributed by atoms with van der Waals surface area (Å²) in [6, 6.07) is 0. The van der Waals surface area contributed by atoms with E-state index in [-0.39, 0.29) is 0 Å². The van der Waals surface area contributed by atoms with Crippen LogP contribution >= 0.6 is 0 Å². The molecule has 2 aliphatic rings. The van der Waals surface area contributed by atoms with Crippen LogP contribution in [0.25, 0.3) is 11.0 Å². The van der Waals surface area contributed by atoms with Gasteiger partial charge in [0.15, 0.2) is 5.65 Å². The second-order valence-corrected chi connectivity index (χ2v) is 7.06. The van der Waals surface area contributed by atoms with Gasteiger partial charge in [-0.15, -0.1) is 0 Å². The summed E-state index contributed by atoms with van der Waals surface area (Å²) in [6.45, 7) is 11.6. The summed E-state index contributed by atoms with van der Waals surface area (Å²) in [7, 11) is 4.13. The van der Waals surface area contributed by atoms with Gasteiger partial charge in [-0.05, 0) is 13.6 Å². The maximum absolute atomic E-state index is 4.99. The molecule has 0 saturated carbocycles. The first-order chi connectivity index (χ1) is 12.2. The maximum atomic E-state index is 4.99. The number of piperazine rings is 2. The Labute approximate surface area is 149 Å². The van der Waals surface area contributed by atoms with Crippen molar-refractivity contribution in [2.24, 2.45) is 7.05 Å². The Kier molecular flexibility index (Phi) is 4.47. The van der Waals surface area contributed by atoms with Crippen LogP contribution in [0.1, 0.15) is 6.92 Å². The number of fused-ring (bicyclic) bond motifs is 1. The number of aryl methyl sites for hydroxylation is 1. The lowest BCUT2D eigenvalue weighted by atomic mass is 10.2. The van der Waals surface area contributed by atoms with Gasteiger partial charge in [-0.1, -0.05) is 6.92 Å². The molecule has 8 nitrogen and oxygen atoms in total. The first-order valence-electron chi connectivity index (χ1n) is 9.26. The molecule has 2 aromatic rings. The van der Waals surface area contributed by atoms with E-state index in [2.05, 4.69) is 38.7 Å². The monoisotopic (exact) mass is 344 g/mol. The molecule has 4 heterocycles. The normalized spacial score (nSPS) is 20.6. The highest BCUT2D eigenvalue weighted by Crippen LogP contribution is 2.27. The number of aromatic nitrogens is 4. The second kappa shape index (κ2) is 6.76. The van der Waals surface area contributed by atoms with E-state index in [0.717, 1.165) is 81.7 Å². The van der Waals surface area contributed by atoms with E-state index in [0.29, 0.717) is 0 Å². The van der Waals surface area contributed by atoms with Gasteiger partial charge in [0.1, 0.15) is 5.82 Å². The molecule has 0 spiro atoms. The molecule has 0 amide bonds. The van der Waals surface area contributed by atoms with Gasteiger partial charge >= 0.3 is 0 Å². The average molecular weight is 344 g/mol. The van der Waals surface area contributed by atoms with Gasteiger partial charge < -0.3 is 19.6 Å². The number of nitrogens with zero attached hydrogens (tertiary/aromatic N) is 8. The summed E-state index contributed by atoms with van der Waals surface area (Å²) in [4.78, 5) is 19.4. The van der Waals surface area contributed by atoms with Gasteiger partial charge in [0.2, 0.25) is 5.95 Å². The van der Waals surface area contributed by atoms with Crippen molar-refractivity contribution in [3.63, 3.8) is 0 Å². The van der Waals surface area contributed by atoms with Gasteiger partial charge in [-0.2, -0.15) is 15.1 Å². The van der Waals surface area contributed by atoms with Crippen molar-refractivity contribution in [2.45, 2.75) is 6.92 Å². The maximum Gasteiger partial charge on any atom is 0.229 e. The number of hydrogen-bond acceptors (Lipinski definition) is 7. The summed E-state index contributed by atoms with van der Waals surface area (Å²) in [5.41, 5.74) is 0.928. The molecular formula is C17H28N8. The van der Waals surface area contributed by atoms with E-state index >= 15 is 0 Å². The first kappa shape index (κ1) is 16.5. The van der Waals surface area contributed by atoms with Crippen LogP contribution in [-0.2, 0) is 7.05 Å². The standard InChI is InChI=1S/C17H28N8/c1-4-23-7-11-24(12-8-23)16-14-13-18-22(3)15(14)19-17(20-16)25-9-5-21(2)6-10-25/h13H,4-12H2,1-3H3. The summed E-state index contributed by atoms with van der Waals surface area (Å²) >= 11 is 0. The zero-order valence-corrected chi connectivity index (χ0v) is 15.5. The number of likely N-dealkylation sites (N-methyl/N-ethyl adjacent to an activating group) is 2. The molecule has 0 atom stereocenters. The molecule has 2 aromatic heterocycles. The lowest BCUT2D eigenvalue weighted by molar-refractivity contribution is 0.270. The third-order valence-corrected chi connectivity index (χ3v) is 5.47. The Bertz CT molecular complexity index is 726. The summed E-state index contributed by atoms with van der Waals surface area (Å²) in [5, 5.41) is 5.49. The Morgan fingerprint density at radius 2 is 1.56 bits per heavy atom. The van der Waals surface area contributed by atoms with Crippen LogP contribution < -0.4 is 9.80 Å². The zero-order valence-electron chi connectivity index (χ0n) is 15.5. The molecule has 0 bridgehead atoms. The van der Waals surface area contributed by atoms with Crippen LogP contribution in [0.2, 0.25) is 0 Å². The van der Waals surface area contributed by atoms with E-state index in [9.17, 15) is 0 Å². The highest BCUT2D eigenvalue weighted by atomic mass is 15.4. The minimum absolute atomic E-state index is 0.845. The van der Waals surface area contributed by atoms with Crippen LogP contribution in [0.5, 0.6) is 0 Å². The number of anilines is 2. The molecule has 0 N–H and O–H groups in total. The summed E-state index contributed by atoms with van der Waals surface area (Å²) in [5.74, 6) is 1.89. The fraction of sp³-hybridized carbons (Fsp3) is 0.706. The Morgan fingerprint density at radius 3 is 2.24 bits per heavy atom. The Balaban J connectivity index is 1.68. The fourth-order valence-electron chi connectivity index (χ4n) is 3.66. The molecule has 0 aliphatic carbocycles. The van der Waals surface area contributed by atoms with Crippen molar-refractivity contribution in [3.8, 4) is 0 Å². The third-order valence-electron chi connectivity index (χ3n) is 5.47. The minimum Gasteiger partial charge on any atom is -0.353 e. The van der Waals surface area contributed by atoms with E-state index < -0.39 is 0 Å². The number of rotatable bonds is 3. The molecular weight excluding hydrogens is 316 g/mol. The quantitative estimate of drug-likeness (QED) is 0.791. The minimum atomic E-state index is 0.845. The van der Waals surface area contributed by atoms with Crippen molar-refractivity contribution in [1.82, 2.24) is 29.5 Å². The van der Waals surface area contributed by atoms with E-state index in [1.165, 1.54) is 0 Å². The van der Waals surface area contributed by atoms with Crippen molar-refractivity contribution < 1.29 is 0 Å². The lowest BCUT2D eigenvalue weighted by Crippen LogP contribution is -2.47. The van der Waals surface area contributed by atoms with Crippen molar-refractivity contribution >= 4 is 22.8 Å². The largest absolute Gasteiger partial charge is 0.353 e. The van der Waals surface area contributed by atoms with Crippen molar-refractivity contribution in [1.29, 1.82) is 0 Å². The molecule has 2 aliphatic heterocycles. The topological polar surface area (TPSA) is 56.6 Å². The zero-order chi connectivity index (χ0) is 17.4. The highest BCUT2D eigenvalue weighted by molar-refractivity contribution is 5.88. The molecule has 2 fully saturated rings. The van der Waals surface area contributed by atoms with Crippen molar-refractivity contribution in [2.75, 3.05) is 75.8 Å². The molecule has 8 heteroatoms. The van der Waals surface area contributed by atoms with Crippen LogP contribution in [0.15, 0.2) is 6.20 Å². The van der Waals surface area contributed by atoms with Crippen LogP contribution in [-0.4, -0.2) is 95.5 Å². The van der Waals surface area contributed by atoms with E-state index in [1.807, 2.05) is 17.9 Å². The molecule has 0 radical (unpaired) electrons. The van der Waals surface area contributed by atoms with Crippen molar-refractivity contribution in [3.05, 3.63) is 6.20 Å². The second-order valence-electron chi connectivity index (χ2n) is 7.06. The molecule has 0 aromatic carbocycles. The molecule has 0 unspecified atom stereocenters. The molecule has 4 rings (SSSR count). The van der Waals surface area contributed by atoms with E-state index in [1.54, 1.807) is 0 Å². The summed E-state index contributed by atoms with van der Waals surface area (Å²) in [6.07, 6.45) is 1.91.